The molecule has 6 nitrogen and oxygen atoms in total. The lowest BCUT2D eigenvalue weighted by atomic mass is 10.1. The van der Waals surface area contributed by atoms with Crippen LogP contribution < -0.4 is 4.74 Å². The van der Waals surface area contributed by atoms with Crippen molar-refractivity contribution >= 4 is 32.7 Å². The first kappa shape index (κ1) is 17.5. The normalized spacial score (nSPS) is 16.4. The first-order chi connectivity index (χ1) is 12.0. The first-order valence-corrected chi connectivity index (χ1v) is 10.1. The van der Waals surface area contributed by atoms with Gasteiger partial charge >= 0.3 is 0 Å². The van der Waals surface area contributed by atoms with Gasteiger partial charge in [-0.15, -0.1) is 4.40 Å². The summed E-state index contributed by atoms with van der Waals surface area (Å²) in [6, 6.07) is 16.9. The van der Waals surface area contributed by atoms with Gasteiger partial charge in [-0.25, -0.2) is 8.42 Å². The molecule has 0 unspecified atom stereocenters. The molecule has 3 rings (SSSR count). The highest BCUT2D eigenvalue weighted by Gasteiger charge is 2.22. The number of benzene rings is 2. The highest BCUT2D eigenvalue weighted by molar-refractivity contribution is 8.24. The summed E-state index contributed by atoms with van der Waals surface area (Å²) in [6.07, 6.45) is 0. The van der Waals surface area contributed by atoms with Crippen molar-refractivity contribution in [2.75, 3.05) is 5.08 Å². The number of rotatable bonds is 5. The zero-order chi connectivity index (χ0) is 17.7. The molecule has 1 aliphatic rings. The summed E-state index contributed by atoms with van der Waals surface area (Å²) < 4.78 is 31.5. The third kappa shape index (κ3) is 5.07. The molecule has 0 saturated heterocycles. The molecule has 0 radical (unpaired) electrons. The van der Waals surface area contributed by atoms with Gasteiger partial charge in [-0.3, -0.25) is 0 Å². The van der Waals surface area contributed by atoms with E-state index in [4.69, 9.17) is 9.57 Å². The maximum Gasteiger partial charge on any atom is 0.268 e. The summed E-state index contributed by atoms with van der Waals surface area (Å²) in [7, 11) is -3.38. The van der Waals surface area contributed by atoms with Crippen LogP contribution in [-0.4, -0.2) is 24.4 Å². The van der Waals surface area contributed by atoms with Crippen molar-refractivity contribution in [3.05, 3.63) is 65.7 Å². The van der Waals surface area contributed by atoms with Crippen LogP contribution in [0, 0.1) is 0 Å². The number of hydrogen-bond acceptors (Lipinski definition) is 6. The Morgan fingerprint density at radius 2 is 1.88 bits per heavy atom. The van der Waals surface area contributed by atoms with E-state index in [-0.39, 0.29) is 10.3 Å². The van der Waals surface area contributed by atoms with Crippen LogP contribution in [0.25, 0.3) is 0 Å². The lowest BCUT2D eigenvalue weighted by Crippen LogP contribution is -2.01. The van der Waals surface area contributed by atoms with Crippen molar-refractivity contribution < 1.29 is 18.0 Å². The Balaban J connectivity index is 1.59. The number of hydrogen-bond donors (Lipinski definition) is 0. The van der Waals surface area contributed by atoms with Crippen LogP contribution in [0.3, 0.4) is 0 Å². The molecule has 0 aliphatic carbocycles. The van der Waals surface area contributed by atoms with Crippen molar-refractivity contribution in [1.29, 1.82) is 0 Å². The second-order valence-corrected chi connectivity index (χ2v) is 8.19. The molecule has 1 heterocycles. The molecule has 0 spiro atoms. The summed E-state index contributed by atoms with van der Waals surface area (Å²) >= 11 is 1.06. The van der Waals surface area contributed by atoms with Gasteiger partial charge in [0.2, 0.25) is 0 Å². The molecule has 2 aromatic carbocycles. The van der Waals surface area contributed by atoms with Crippen molar-refractivity contribution in [2.24, 2.45) is 9.55 Å². The van der Waals surface area contributed by atoms with Crippen LogP contribution in [0.15, 0.2) is 64.2 Å². The van der Waals surface area contributed by atoms with Crippen molar-refractivity contribution in [3.8, 4) is 5.75 Å². The fourth-order valence-electron chi connectivity index (χ4n) is 2.03. The van der Waals surface area contributed by atoms with Crippen LogP contribution in [0.1, 0.15) is 18.1 Å². The number of nitrogens with zero attached hydrogens (tertiary/aromatic N) is 2. The van der Waals surface area contributed by atoms with E-state index in [0.29, 0.717) is 12.4 Å². The summed E-state index contributed by atoms with van der Waals surface area (Å²) in [5, 5.41) is 4.17. The van der Waals surface area contributed by atoms with E-state index in [9.17, 15) is 8.42 Å². The second kappa shape index (κ2) is 7.71. The summed E-state index contributed by atoms with van der Waals surface area (Å²) in [4.78, 5) is 5.36. The molecule has 0 saturated carbocycles. The maximum atomic E-state index is 11.3. The predicted molar refractivity (Wildman–Crippen MR) is 99.3 cm³/mol. The van der Waals surface area contributed by atoms with Gasteiger partial charge < -0.3 is 9.57 Å². The van der Waals surface area contributed by atoms with Gasteiger partial charge in [-0.2, -0.15) is 0 Å². The van der Waals surface area contributed by atoms with Gasteiger partial charge in [0.1, 0.15) is 17.4 Å². The fraction of sp³-hybridized carbons (Fsp3) is 0.176. The SMILES string of the molecule is C/C(=N\OCc1ccccc1)c1ccc(OC2=NS(=O)(=O)CS2)cc1. The lowest BCUT2D eigenvalue weighted by Gasteiger charge is -2.05. The zero-order valence-corrected chi connectivity index (χ0v) is 15.1. The van der Waals surface area contributed by atoms with Gasteiger partial charge in [0, 0.05) is 0 Å². The first-order valence-electron chi connectivity index (χ1n) is 7.46. The monoisotopic (exact) mass is 376 g/mol. The van der Waals surface area contributed by atoms with Gasteiger partial charge in [-0.1, -0.05) is 35.5 Å². The molecular formula is C17H16N2O4S2. The molecule has 0 fully saturated rings. The van der Waals surface area contributed by atoms with E-state index in [1.807, 2.05) is 49.4 Å². The van der Waals surface area contributed by atoms with Crippen LogP contribution in [-0.2, 0) is 21.5 Å². The minimum absolute atomic E-state index is 0.0784. The summed E-state index contributed by atoms with van der Waals surface area (Å²) in [5.74, 6) is 0.519. The molecule has 8 heteroatoms. The van der Waals surface area contributed by atoms with Crippen LogP contribution in [0.4, 0.5) is 0 Å². The second-order valence-electron chi connectivity index (χ2n) is 5.26. The lowest BCUT2D eigenvalue weighted by molar-refractivity contribution is 0.130. The Labute approximate surface area is 150 Å². The third-order valence-electron chi connectivity index (χ3n) is 3.30. The molecule has 25 heavy (non-hydrogen) atoms. The molecule has 0 amide bonds. The third-order valence-corrected chi connectivity index (χ3v) is 5.94. The van der Waals surface area contributed by atoms with E-state index in [1.165, 1.54) is 0 Å². The van der Waals surface area contributed by atoms with E-state index in [0.717, 1.165) is 28.6 Å². The number of sulfonamides is 1. The Morgan fingerprint density at radius 1 is 1.16 bits per heavy atom. The Kier molecular flexibility index (Phi) is 5.40. The van der Waals surface area contributed by atoms with Gasteiger partial charge in [0.15, 0.2) is 0 Å². The average molecular weight is 376 g/mol. The highest BCUT2D eigenvalue weighted by Crippen LogP contribution is 2.23. The number of ether oxygens (including phenoxy) is 1. The fourth-order valence-corrected chi connectivity index (χ4v) is 4.22. The molecule has 0 N–H and O–H groups in total. The molecule has 2 aromatic rings. The molecule has 130 valence electrons. The topological polar surface area (TPSA) is 77.3 Å². The van der Waals surface area contributed by atoms with E-state index < -0.39 is 10.0 Å². The van der Waals surface area contributed by atoms with Crippen molar-refractivity contribution in [1.82, 2.24) is 0 Å². The predicted octanol–water partition coefficient (Wildman–Crippen LogP) is 3.40. The molecule has 1 aliphatic heterocycles. The molecule has 0 bridgehead atoms. The maximum absolute atomic E-state index is 11.3. The Hall–Kier alpha value is -2.32. The summed E-state index contributed by atoms with van der Waals surface area (Å²) in [5.41, 5.74) is 2.67. The van der Waals surface area contributed by atoms with E-state index >= 15 is 0 Å². The van der Waals surface area contributed by atoms with Gasteiger partial charge in [-0.05, 0) is 54.1 Å². The van der Waals surface area contributed by atoms with Gasteiger partial charge in [0.25, 0.3) is 15.3 Å². The smallest absolute Gasteiger partial charge is 0.268 e. The van der Waals surface area contributed by atoms with Crippen molar-refractivity contribution in [3.63, 3.8) is 0 Å². The quantitative estimate of drug-likeness (QED) is 0.590. The number of oxime groups is 1. The van der Waals surface area contributed by atoms with Crippen LogP contribution in [0.5, 0.6) is 5.75 Å². The number of thioether (sulfide) groups is 1. The van der Waals surface area contributed by atoms with Gasteiger partial charge in [0.05, 0.1) is 5.71 Å². The van der Waals surface area contributed by atoms with E-state index in [1.54, 1.807) is 12.1 Å². The summed E-state index contributed by atoms with van der Waals surface area (Å²) in [6.45, 7) is 2.26. The Morgan fingerprint density at radius 3 is 2.52 bits per heavy atom. The van der Waals surface area contributed by atoms with E-state index in [2.05, 4.69) is 9.55 Å². The van der Waals surface area contributed by atoms with Crippen LogP contribution >= 0.6 is 11.8 Å². The highest BCUT2D eigenvalue weighted by atomic mass is 32.3. The largest absolute Gasteiger partial charge is 0.433 e. The van der Waals surface area contributed by atoms with Crippen LogP contribution in [0.2, 0.25) is 0 Å². The molecular weight excluding hydrogens is 360 g/mol. The molecule has 0 atom stereocenters. The molecule has 0 aromatic heterocycles. The zero-order valence-electron chi connectivity index (χ0n) is 13.5. The Bertz CT molecular complexity index is 892. The standard InChI is InChI=1S/C17H16N2O4S2/c1-13(18-22-11-14-5-3-2-4-6-14)15-7-9-16(10-8-15)23-17-19-25(20,21)12-24-17/h2-10H,11-12H2,1H3/b18-13+. The minimum Gasteiger partial charge on any atom is -0.433 e. The minimum atomic E-state index is -3.38. The van der Waals surface area contributed by atoms with Crippen molar-refractivity contribution in [2.45, 2.75) is 13.5 Å². The average Bonchev–Trinajstić information content (AvgIpc) is 2.95.